The van der Waals surface area contributed by atoms with Gasteiger partial charge in [0, 0.05) is 23.0 Å². The SMILES string of the molecule is Cc1cccc(NC(=O)Cn2nc3cc(C)nc(-c4ccc(C(F)(F)F)cc4)n3c2=O)c1. The van der Waals surface area contributed by atoms with Crippen molar-refractivity contribution in [3.8, 4) is 11.4 Å². The number of nitrogens with zero attached hydrogens (tertiary/aromatic N) is 4. The Labute approximate surface area is 180 Å². The number of halogens is 3. The van der Waals surface area contributed by atoms with E-state index in [4.69, 9.17) is 0 Å². The van der Waals surface area contributed by atoms with Gasteiger partial charge in [-0.25, -0.2) is 18.9 Å². The van der Waals surface area contributed by atoms with Crippen LogP contribution >= 0.6 is 0 Å². The molecule has 0 bridgehead atoms. The number of carbonyl (C=O) groups is 1. The van der Waals surface area contributed by atoms with Crippen LogP contribution in [-0.4, -0.2) is 25.1 Å². The number of carbonyl (C=O) groups excluding carboxylic acids is 1. The number of aromatic nitrogens is 4. The zero-order chi connectivity index (χ0) is 23.0. The fourth-order valence-electron chi connectivity index (χ4n) is 3.32. The van der Waals surface area contributed by atoms with Gasteiger partial charge in [0.05, 0.1) is 5.56 Å². The molecule has 164 valence electrons. The summed E-state index contributed by atoms with van der Waals surface area (Å²) >= 11 is 0. The molecule has 2 aromatic heterocycles. The second-order valence-electron chi connectivity index (χ2n) is 7.35. The number of aryl methyl sites for hydroxylation is 2. The van der Waals surface area contributed by atoms with Gasteiger partial charge in [-0.1, -0.05) is 24.3 Å². The maximum Gasteiger partial charge on any atom is 0.416 e. The Morgan fingerprint density at radius 3 is 2.44 bits per heavy atom. The van der Waals surface area contributed by atoms with Gasteiger partial charge in [0.2, 0.25) is 5.91 Å². The number of alkyl halides is 3. The third-order valence-corrected chi connectivity index (χ3v) is 4.76. The predicted octanol–water partition coefficient (Wildman–Crippen LogP) is 3.83. The Bertz CT molecular complexity index is 1370. The molecule has 0 saturated carbocycles. The van der Waals surface area contributed by atoms with E-state index in [0.717, 1.165) is 22.4 Å². The van der Waals surface area contributed by atoms with E-state index in [-0.39, 0.29) is 18.0 Å². The van der Waals surface area contributed by atoms with Crippen LogP contribution in [0.5, 0.6) is 0 Å². The molecule has 4 aromatic rings. The van der Waals surface area contributed by atoms with Gasteiger partial charge in [0.15, 0.2) is 5.65 Å². The van der Waals surface area contributed by atoms with Gasteiger partial charge in [0.25, 0.3) is 0 Å². The number of anilines is 1. The van der Waals surface area contributed by atoms with Crippen LogP contribution in [0.4, 0.5) is 18.9 Å². The Kier molecular flexibility index (Phi) is 5.29. The molecule has 0 unspecified atom stereocenters. The van der Waals surface area contributed by atoms with Crippen LogP contribution in [0.3, 0.4) is 0 Å². The van der Waals surface area contributed by atoms with E-state index in [1.54, 1.807) is 31.2 Å². The van der Waals surface area contributed by atoms with Crippen molar-refractivity contribution in [1.29, 1.82) is 0 Å². The first-order valence-electron chi connectivity index (χ1n) is 9.63. The molecule has 10 heteroatoms. The molecule has 0 spiro atoms. The first-order chi connectivity index (χ1) is 15.1. The first-order valence-corrected chi connectivity index (χ1v) is 9.63. The van der Waals surface area contributed by atoms with E-state index in [9.17, 15) is 22.8 Å². The Morgan fingerprint density at radius 2 is 1.78 bits per heavy atom. The van der Waals surface area contributed by atoms with Crippen molar-refractivity contribution in [2.75, 3.05) is 5.32 Å². The van der Waals surface area contributed by atoms with Crippen LogP contribution in [-0.2, 0) is 17.5 Å². The molecule has 0 fully saturated rings. The summed E-state index contributed by atoms with van der Waals surface area (Å²) in [7, 11) is 0. The zero-order valence-electron chi connectivity index (χ0n) is 17.1. The summed E-state index contributed by atoms with van der Waals surface area (Å²) in [4.78, 5) is 29.7. The van der Waals surface area contributed by atoms with Crippen molar-refractivity contribution in [2.24, 2.45) is 0 Å². The van der Waals surface area contributed by atoms with Crippen molar-refractivity contribution < 1.29 is 18.0 Å². The van der Waals surface area contributed by atoms with Crippen LogP contribution in [0.1, 0.15) is 16.8 Å². The van der Waals surface area contributed by atoms with Gasteiger partial charge in [-0.2, -0.15) is 13.2 Å². The summed E-state index contributed by atoms with van der Waals surface area (Å²) in [6.45, 7) is 3.24. The lowest BCUT2D eigenvalue weighted by molar-refractivity contribution is -0.137. The van der Waals surface area contributed by atoms with E-state index in [1.165, 1.54) is 16.5 Å². The summed E-state index contributed by atoms with van der Waals surface area (Å²) in [6, 6.07) is 13.1. The maximum absolute atomic E-state index is 13.0. The molecular formula is C22H18F3N5O2. The average Bonchev–Trinajstić information content (AvgIpc) is 3.01. The van der Waals surface area contributed by atoms with Crippen molar-refractivity contribution in [3.05, 3.63) is 81.9 Å². The van der Waals surface area contributed by atoms with Gasteiger partial charge in [-0.05, 0) is 43.7 Å². The summed E-state index contributed by atoms with van der Waals surface area (Å²) in [6.07, 6.45) is -4.47. The number of benzene rings is 2. The number of nitrogens with one attached hydrogen (secondary N) is 1. The van der Waals surface area contributed by atoms with E-state index in [1.807, 2.05) is 13.0 Å². The van der Waals surface area contributed by atoms with Gasteiger partial charge >= 0.3 is 11.9 Å². The molecule has 2 aromatic carbocycles. The Morgan fingerprint density at radius 1 is 1.06 bits per heavy atom. The average molecular weight is 441 g/mol. The highest BCUT2D eigenvalue weighted by molar-refractivity contribution is 5.90. The lowest BCUT2D eigenvalue weighted by Crippen LogP contribution is -2.28. The largest absolute Gasteiger partial charge is 0.416 e. The fraction of sp³-hybridized carbons (Fsp3) is 0.182. The molecule has 0 atom stereocenters. The quantitative estimate of drug-likeness (QED) is 0.522. The lowest BCUT2D eigenvalue weighted by Gasteiger charge is -2.08. The van der Waals surface area contributed by atoms with Crippen LogP contribution in [0.25, 0.3) is 17.0 Å². The summed E-state index contributed by atoms with van der Waals surface area (Å²) in [5.74, 6) is -0.300. The molecule has 32 heavy (non-hydrogen) atoms. The molecule has 2 heterocycles. The van der Waals surface area contributed by atoms with E-state index >= 15 is 0 Å². The van der Waals surface area contributed by atoms with E-state index < -0.39 is 23.3 Å². The molecule has 0 aliphatic rings. The predicted molar refractivity (Wildman–Crippen MR) is 112 cm³/mol. The lowest BCUT2D eigenvalue weighted by atomic mass is 10.1. The summed E-state index contributed by atoms with van der Waals surface area (Å²) < 4.78 is 40.8. The van der Waals surface area contributed by atoms with Crippen molar-refractivity contribution in [3.63, 3.8) is 0 Å². The van der Waals surface area contributed by atoms with Crippen LogP contribution in [0.2, 0.25) is 0 Å². The minimum atomic E-state index is -4.47. The molecule has 1 amide bonds. The monoisotopic (exact) mass is 441 g/mol. The molecule has 0 saturated heterocycles. The standard InChI is InChI=1S/C22H18F3N5O2/c1-13-4-3-5-17(10-13)27-19(31)12-29-21(32)30-18(28-29)11-14(2)26-20(30)15-6-8-16(9-7-15)22(23,24)25/h3-11H,12H2,1-2H3,(H,27,31). The van der Waals surface area contributed by atoms with Gasteiger partial charge in [-0.3, -0.25) is 4.79 Å². The minimum absolute atomic E-state index is 0.143. The van der Waals surface area contributed by atoms with Crippen LogP contribution in [0.15, 0.2) is 59.4 Å². The van der Waals surface area contributed by atoms with E-state index in [2.05, 4.69) is 15.4 Å². The zero-order valence-corrected chi connectivity index (χ0v) is 17.1. The Balaban J connectivity index is 1.69. The Hall–Kier alpha value is -3.95. The highest BCUT2D eigenvalue weighted by Crippen LogP contribution is 2.30. The van der Waals surface area contributed by atoms with E-state index in [0.29, 0.717) is 16.9 Å². The second kappa shape index (κ2) is 7.95. The van der Waals surface area contributed by atoms with Crippen LogP contribution in [0, 0.1) is 13.8 Å². The number of fused-ring (bicyclic) bond motifs is 1. The van der Waals surface area contributed by atoms with Gasteiger partial charge in [0.1, 0.15) is 12.4 Å². The number of amides is 1. The number of rotatable bonds is 4. The van der Waals surface area contributed by atoms with Crippen LogP contribution < -0.4 is 11.0 Å². The minimum Gasteiger partial charge on any atom is -0.324 e. The number of hydrogen-bond donors (Lipinski definition) is 1. The molecule has 4 rings (SSSR count). The molecule has 0 aliphatic carbocycles. The highest BCUT2D eigenvalue weighted by atomic mass is 19.4. The first kappa shape index (κ1) is 21.3. The second-order valence-corrected chi connectivity index (χ2v) is 7.35. The highest BCUT2D eigenvalue weighted by Gasteiger charge is 2.30. The third kappa shape index (κ3) is 4.25. The molecule has 0 radical (unpaired) electrons. The van der Waals surface area contributed by atoms with Gasteiger partial charge < -0.3 is 5.32 Å². The fourth-order valence-corrected chi connectivity index (χ4v) is 3.32. The van der Waals surface area contributed by atoms with Crippen molar-refractivity contribution in [2.45, 2.75) is 26.6 Å². The topological polar surface area (TPSA) is 81.3 Å². The maximum atomic E-state index is 13.0. The molecular weight excluding hydrogens is 423 g/mol. The molecule has 0 aliphatic heterocycles. The third-order valence-electron chi connectivity index (χ3n) is 4.76. The number of hydrogen-bond acceptors (Lipinski definition) is 4. The van der Waals surface area contributed by atoms with Crippen molar-refractivity contribution >= 4 is 17.2 Å². The summed E-state index contributed by atoms with van der Waals surface area (Å²) in [5, 5.41) is 6.91. The van der Waals surface area contributed by atoms with Crippen molar-refractivity contribution in [1.82, 2.24) is 19.2 Å². The smallest absolute Gasteiger partial charge is 0.324 e. The normalized spacial score (nSPS) is 11.7. The molecule has 7 nitrogen and oxygen atoms in total. The molecule has 1 N–H and O–H groups in total. The summed E-state index contributed by atoms with van der Waals surface area (Å²) in [5.41, 5.74) is 1.21. The van der Waals surface area contributed by atoms with Gasteiger partial charge in [-0.15, -0.1) is 5.10 Å².